The number of pyridine rings is 1. The number of imidazole rings is 1. The van der Waals surface area contributed by atoms with Crippen molar-refractivity contribution in [3.8, 4) is 5.75 Å². The molecule has 5 heteroatoms. The second-order valence-corrected chi connectivity index (χ2v) is 5.36. The third-order valence-corrected chi connectivity index (χ3v) is 3.83. The maximum absolute atomic E-state index is 5.87. The van der Waals surface area contributed by atoms with Crippen LogP contribution in [0.5, 0.6) is 5.75 Å². The highest BCUT2D eigenvalue weighted by molar-refractivity contribution is 5.85. The molecule has 0 unspecified atom stereocenters. The van der Waals surface area contributed by atoms with Crippen LogP contribution in [0.3, 0.4) is 0 Å². The lowest BCUT2D eigenvalue weighted by Gasteiger charge is -2.02. The van der Waals surface area contributed by atoms with Crippen LogP contribution >= 0.6 is 0 Å². The second kappa shape index (κ2) is 5.78. The lowest BCUT2D eigenvalue weighted by Crippen LogP contribution is -2.12. The minimum absolute atomic E-state index is 0.589. The summed E-state index contributed by atoms with van der Waals surface area (Å²) >= 11 is 0. The van der Waals surface area contributed by atoms with E-state index in [1.165, 1.54) is 0 Å². The summed E-state index contributed by atoms with van der Waals surface area (Å²) in [6.45, 7) is 1.26. The molecule has 3 heterocycles. The molecular weight excluding hydrogens is 290 g/mol. The van der Waals surface area contributed by atoms with Crippen molar-refractivity contribution in [2.45, 2.75) is 13.1 Å². The van der Waals surface area contributed by atoms with Gasteiger partial charge in [-0.3, -0.25) is 0 Å². The predicted octanol–water partition coefficient (Wildman–Crippen LogP) is 3.38. The fraction of sp³-hybridized carbons (Fsp3) is 0.167. The SMILES string of the molecule is COc1c(CNCc2cn3ccccc3n2)oc2ccccc12. The van der Waals surface area contributed by atoms with Crippen LogP contribution in [-0.4, -0.2) is 16.5 Å². The number of hydrogen-bond acceptors (Lipinski definition) is 4. The zero-order valence-electron chi connectivity index (χ0n) is 12.8. The minimum atomic E-state index is 0.589. The Labute approximate surface area is 133 Å². The Hall–Kier alpha value is -2.79. The molecule has 0 aliphatic rings. The molecule has 0 aliphatic heterocycles. The van der Waals surface area contributed by atoms with Crippen molar-refractivity contribution in [2.75, 3.05) is 7.11 Å². The van der Waals surface area contributed by atoms with Crippen LogP contribution in [0.25, 0.3) is 16.6 Å². The van der Waals surface area contributed by atoms with Crippen LogP contribution in [0.1, 0.15) is 11.5 Å². The summed E-state index contributed by atoms with van der Waals surface area (Å²) in [6.07, 6.45) is 4.02. The van der Waals surface area contributed by atoms with E-state index in [2.05, 4.69) is 10.3 Å². The average Bonchev–Trinajstić information content (AvgIpc) is 3.14. The number of nitrogens with zero attached hydrogens (tertiary/aromatic N) is 2. The maximum Gasteiger partial charge on any atom is 0.169 e. The van der Waals surface area contributed by atoms with Gasteiger partial charge in [-0.25, -0.2) is 4.98 Å². The van der Waals surface area contributed by atoms with Crippen molar-refractivity contribution in [1.29, 1.82) is 0 Å². The van der Waals surface area contributed by atoms with Crippen LogP contribution < -0.4 is 10.1 Å². The number of benzene rings is 1. The van der Waals surface area contributed by atoms with E-state index in [0.29, 0.717) is 13.1 Å². The van der Waals surface area contributed by atoms with Gasteiger partial charge in [-0.15, -0.1) is 0 Å². The van der Waals surface area contributed by atoms with E-state index in [0.717, 1.165) is 33.8 Å². The number of furan rings is 1. The van der Waals surface area contributed by atoms with Crippen LogP contribution in [-0.2, 0) is 13.1 Å². The highest BCUT2D eigenvalue weighted by Gasteiger charge is 2.14. The second-order valence-electron chi connectivity index (χ2n) is 5.36. The largest absolute Gasteiger partial charge is 0.492 e. The van der Waals surface area contributed by atoms with Crippen molar-refractivity contribution in [2.24, 2.45) is 0 Å². The van der Waals surface area contributed by atoms with E-state index < -0.39 is 0 Å². The highest BCUT2D eigenvalue weighted by Crippen LogP contribution is 2.32. The molecule has 116 valence electrons. The number of aromatic nitrogens is 2. The van der Waals surface area contributed by atoms with Crippen LogP contribution in [0.2, 0.25) is 0 Å². The number of para-hydroxylation sites is 1. The molecule has 0 aliphatic carbocycles. The molecule has 0 saturated carbocycles. The Morgan fingerprint density at radius 3 is 2.87 bits per heavy atom. The van der Waals surface area contributed by atoms with Crippen molar-refractivity contribution >= 4 is 16.6 Å². The number of ether oxygens (including phenoxy) is 1. The first-order valence-electron chi connectivity index (χ1n) is 7.53. The molecule has 3 aromatic heterocycles. The molecule has 4 aromatic rings. The quantitative estimate of drug-likeness (QED) is 0.614. The van der Waals surface area contributed by atoms with E-state index >= 15 is 0 Å². The van der Waals surface area contributed by atoms with Crippen molar-refractivity contribution < 1.29 is 9.15 Å². The summed E-state index contributed by atoms with van der Waals surface area (Å²) in [6, 6.07) is 13.9. The van der Waals surface area contributed by atoms with Gasteiger partial charge in [0.2, 0.25) is 0 Å². The van der Waals surface area contributed by atoms with E-state index in [-0.39, 0.29) is 0 Å². The zero-order valence-corrected chi connectivity index (χ0v) is 12.8. The molecule has 0 bridgehead atoms. The van der Waals surface area contributed by atoms with Gasteiger partial charge in [0.05, 0.1) is 24.7 Å². The minimum Gasteiger partial charge on any atom is -0.492 e. The molecule has 0 saturated heterocycles. The van der Waals surface area contributed by atoms with E-state index in [1.807, 2.05) is 59.3 Å². The highest BCUT2D eigenvalue weighted by atomic mass is 16.5. The summed E-state index contributed by atoms with van der Waals surface area (Å²) in [7, 11) is 1.67. The number of fused-ring (bicyclic) bond motifs is 2. The molecule has 0 radical (unpaired) electrons. The smallest absolute Gasteiger partial charge is 0.169 e. The summed E-state index contributed by atoms with van der Waals surface area (Å²) < 4.78 is 13.4. The summed E-state index contributed by atoms with van der Waals surface area (Å²) in [5.74, 6) is 1.60. The van der Waals surface area contributed by atoms with Gasteiger partial charge in [-0.1, -0.05) is 18.2 Å². The number of methoxy groups -OCH3 is 1. The molecule has 4 rings (SSSR count). The Morgan fingerprint density at radius 1 is 1.13 bits per heavy atom. The van der Waals surface area contributed by atoms with Crippen molar-refractivity contribution in [3.05, 3.63) is 66.3 Å². The van der Waals surface area contributed by atoms with Gasteiger partial charge >= 0.3 is 0 Å². The monoisotopic (exact) mass is 307 g/mol. The van der Waals surface area contributed by atoms with E-state index in [4.69, 9.17) is 9.15 Å². The first-order valence-corrected chi connectivity index (χ1v) is 7.53. The van der Waals surface area contributed by atoms with Crippen LogP contribution in [0.15, 0.2) is 59.3 Å². The molecule has 1 aromatic carbocycles. The van der Waals surface area contributed by atoms with Crippen LogP contribution in [0, 0.1) is 0 Å². The third kappa shape index (κ3) is 2.55. The van der Waals surface area contributed by atoms with Gasteiger partial charge < -0.3 is 18.9 Å². The standard InChI is InChI=1S/C18H17N3O2/c1-22-18-14-6-2-3-7-15(14)23-16(18)11-19-10-13-12-21-9-5-4-8-17(21)20-13/h2-9,12,19H,10-11H2,1H3. The molecule has 0 amide bonds. The van der Waals surface area contributed by atoms with Crippen LogP contribution in [0.4, 0.5) is 0 Å². The average molecular weight is 307 g/mol. The van der Waals surface area contributed by atoms with E-state index in [9.17, 15) is 0 Å². The molecule has 1 N–H and O–H groups in total. The summed E-state index contributed by atoms with van der Waals surface area (Å²) in [5.41, 5.74) is 2.78. The normalized spacial score (nSPS) is 11.3. The Morgan fingerprint density at radius 2 is 2.00 bits per heavy atom. The summed E-state index contributed by atoms with van der Waals surface area (Å²) in [4.78, 5) is 4.57. The third-order valence-electron chi connectivity index (χ3n) is 3.83. The van der Waals surface area contributed by atoms with Gasteiger partial charge in [-0.05, 0) is 24.3 Å². The Kier molecular flexibility index (Phi) is 3.48. The Bertz CT molecular complexity index is 922. The van der Waals surface area contributed by atoms with Gasteiger partial charge in [0.15, 0.2) is 11.5 Å². The van der Waals surface area contributed by atoms with Gasteiger partial charge in [0.1, 0.15) is 11.2 Å². The van der Waals surface area contributed by atoms with Gasteiger partial charge in [-0.2, -0.15) is 0 Å². The van der Waals surface area contributed by atoms with Gasteiger partial charge in [0, 0.05) is 18.9 Å². The first kappa shape index (κ1) is 13.8. The maximum atomic E-state index is 5.87. The molecule has 0 fully saturated rings. The Balaban J connectivity index is 1.50. The summed E-state index contributed by atoms with van der Waals surface area (Å²) in [5, 5.41) is 4.36. The number of rotatable bonds is 5. The molecule has 0 spiro atoms. The van der Waals surface area contributed by atoms with Crippen molar-refractivity contribution in [1.82, 2.24) is 14.7 Å². The van der Waals surface area contributed by atoms with E-state index in [1.54, 1.807) is 7.11 Å². The zero-order chi connectivity index (χ0) is 15.6. The number of nitrogens with one attached hydrogen (secondary N) is 1. The lowest BCUT2D eigenvalue weighted by atomic mass is 10.2. The first-order chi connectivity index (χ1) is 11.3. The lowest BCUT2D eigenvalue weighted by molar-refractivity contribution is 0.390. The molecule has 23 heavy (non-hydrogen) atoms. The fourth-order valence-electron chi connectivity index (χ4n) is 2.79. The molecule has 0 atom stereocenters. The fourth-order valence-corrected chi connectivity index (χ4v) is 2.79. The molecular formula is C18H17N3O2. The number of hydrogen-bond donors (Lipinski definition) is 1. The molecule has 5 nitrogen and oxygen atoms in total. The topological polar surface area (TPSA) is 51.7 Å². The predicted molar refractivity (Wildman–Crippen MR) is 88.5 cm³/mol. The van der Waals surface area contributed by atoms with Gasteiger partial charge in [0.25, 0.3) is 0 Å². The van der Waals surface area contributed by atoms with Crippen molar-refractivity contribution in [3.63, 3.8) is 0 Å².